The van der Waals surface area contributed by atoms with Gasteiger partial charge in [0, 0.05) is 31.7 Å². The zero-order valence-corrected chi connectivity index (χ0v) is 19.2. The molecule has 30 heavy (non-hydrogen) atoms. The van der Waals surface area contributed by atoms with Gasteiger partial charge in [0.05, 0.1) is 12.6 Å². The van der Waals surface area contributed by atoms with Gasteiger partial charge in [-0.1, -0.05) is 35.0 Å². The van der Waals surface area contributed by atoms with E-state index in [-0.39, 0.29) is 36.8 Å². The van der Waals surface area contributed by atoms with Crippen molar-refractivity contribution in [1.82, 2.24) is 25.3 Å². The van der Waals surface area contributed by atoms with E-state index in [1.807, 2.05) is 29.2 Å². The van der Waals surface area contributed by atoms with Gasteiger partial charge >= 0.3 is 0 Å². The monoisotopic (exact) mass is 455 g/mol. The van der Waals surface area contributed by atoms with E-state index in [0.717, 1.165) is 44.2 Å². The minimum atomic E-state index is 0. The zero-order valence-electron chi connectivity index (χ0n) is 17.5. The Morgan fingerprint density at radius 3 is 2.47 bits per heavy atom. The van der Waals surface area contributed by atoms with Gasteiger partial charge in [-0.25, -0.2) is 0 Å². The molecule has 1 saturated carbocycles. The molecule has 2 aromatic rings. The van der Waals surface area contributed by atoms with Crippen LogP contribution in [-0.4, -0.2) is 65.1 Å². The van der Waals surface area contributed by atoms with Crippen LogP contribution in [0.3, 0.4) is 0 Å². The van der Waals surface area contributed by atoms with E-state index >= 15 is 0 Å². The normalized spacial score (nSPS) is 17.7. The van der Waals surface area contributed by atoms with E-state index in [2.05, 4.69) is 34.2 Å². The summed E-state index contributed by atoms with van der Waals surface area (Å²) in [5.74, 6) is 2.25. The third-order valence-corrected chi connectivity index (χ3v) is 5.73. The maximum Gasteiger partial charge on any atom is 0.244 e. The van der Waals surface area contributed by atoms with E-state index < -0.39 is 0 Å². The van der Waals surface area contributed by atoms with Crippen LogP contribution in [0.5, 0.6) is 0 Å². The van der Waals surface area contributed by atoms with E-state index in [9.17, 15) is 4.79 Å². The number of rotatable bonds is 7. The second-order valence-electron chi connectivity index (χ2n) is 7.99. The van der Waals surface area contributed by atoms with Crippen molar-refractivity contribution < 1.29 is 9.32 Å². The average molecular weight is 456 g/mol. The van der Waals surface area contributed by atoms with Crippen molar-refractivity contribution in [3.05, 3.63) is 35.7 Å². The van der Waals surface area contributed by atoms with Gasteiger partial charge in [-0.05, 0) is 39.2 Å². The maximum absolute atomic E-state index is 12.3. The lowest BCUT2D eigenvalue weighted by atomic mass is 10.1. The minimum absolute atomic E-state index is 0. The first-order valence-electron chi connectivity index (χ1n) is 10.2. The number of carbonyl (C=O) groups excluding carboxylic acids is 1. The lowest BCUT2D eigenvalue weighted by Crippen LogP contribution is -2.51. The zero-order chi connectivity index (χ0) is 19.5. The fourth-order valence-corrected chi connectivity index (χ4v) is 3.56. The molecule has 2 heterocycles. The molecule has 0 radical (unpaired) electrons. The molecule has 166 valence electrons. The third kappa shape index (κ3) is 6.17. The Morgan fingerprint density at radius 1 is 1.17 bits per heavy atom. The number of benzene rings is 1. The van der Waals surface area contributed by atoms with E-state index in [0.29, 0.717) is 18.3 Å². The summed E-state index contributed by atoms with van der Waals surface area (Å²) in [6, 6.07) is 8.15. The molecule has 2 aliphatic rings. The van der Waals surface area contributed by atoms with Crippen LogP contribution in [0.4, 0.5) is 0 Å². The van der Waals surface area contributed by atoms with Gasteiger partial charge in [0.25, 0.3) is 0 Å². The number of aryl methyl sites for hydroxylation is 1. The Hall–Kier alpha value is -1.67. The van der Waals surface area contributed by atoms with E-state index in [1.54, 1.807) is 0 Å². The van der Waals surface area contributed by atoms with Crippen molar-refractivity contribution >= 4 is 30.7 Å². The fourth-order valence-electron chi connectivity index (χ4n) is 3.56. The molecule has 2 fully saturated rings. The van der Waals surface area contributed by atoms with Crippen LogP contribution >= 0.6 is 24.8 Å². The summed E-state index contributed by atoms with van der Waals surface area (Å²) in [6.45, 7) is 8.69. The molecule has 0 bridgehead atoms. The largest absolute Gasteiger partial charge is 0.339 e. The van der Waals surface area contributed by atoms with Gasteiger partial charge in [-0.2, -0.15) is 4.98 Å². The molecule has 1 saturated heterocycles. The summed E-state index contributed by atoms with van der Waals surface area (Å²) in [5, 5.41) is 7.43. The van der Waals surface area contributed by atoms with Crippen molar-refractivity contribution in [1.29, 1.82) is 0 Å². The van der Waals surface area contributed by atoms with Crippen molar-refractivity contribution in [3.8, 4) is 11.4 Å². The number of amides is 1. The molecule has 1 atom stereocenters. The fraction of sp³-hybridized carbons (Fsp3) is 0.571. The summed E-state index contributed by atoms with van der Waals surface area (Å²) in [7, 11) is 0. The Balaban J connectivity index is 0.00000160. The van der Waals surface area contributed by atoms with Crippen LogP contribution in [0, 0.1) is 12.8 Å². The smallest absolute Gasteiger partial charge is 0.244 e. The highest BCUT2D eigenvalue weighted by molar-refractivity contribution is 5.85. The molecular formula is C21H31Cl2N5O2. The van der Waals surface area contributed by atoms with E-state index in [4.69, 9.17) is 4.52 Å². The molecule has 1 aliphatic heterocycles. The first-order valence-corrected chi connectivity index (χ1v) is 10.2. The highest BCUT2D eigenvalue weighted by atomic mass is 35.5. The first-order chi connectivity index (χ1) is 13.6. The lowest BCUT2D eigenvalue weighted by molar-refractivity contribution is -0.132. The van der Waals surface area contributed by atoms with Crippen molar-refractivity contribution in [3.63, 3.8) is 0 Å². The molecule has 7 nitrogen and oxygen atoms in total. The molecule has 4 rings (SSSR count). The summed E-state index contributed by atoms with van der Waals surface area (Å²) in [5.41, 5.74) is 2.16. The number of carbonyl (C=O) groups is 1. The molecule has 1 unspecified atom stereocenters. The number of hydrogen-bond acceptors (Lipinski definition) is 6. The molecular weight excluding hydrogens is 425 g/mol. The molecule has 1 amide bonds. The van der Waals surface area contributed by atoms with Crippen LogP contribution in [0.25, 0.3) is 11.4 Å². The van der Waals surface area contributed by atoms with Gasteiger partial charge in [-0.3, -0.25) is 9.69 Å². The lowest BCUT2D eigenvalue weighted by Gasteiger charge is -2.36. The van der Waals surface area contributed by atoms with Crippen molar-refractivity contribution in [2.24, 2.45) is 5.92 Å². The number of halogens is 2. The van der Waals surface area contributed by atoms with Crippen molar-refractivity contribution in [2.45, 2.75) is 32.7 Å². The van der Waals surface area contributed by atoms with Crippen molar-refractivity contribution in [2.75, 3.05) is 39.3 Å². The molecule has 1 aliphatic carbocycles. The molecule has 1 aromatic heterocycles. The second kappa shape index (κ2) is 11.1. The van der Waals surface area contributed by atoms with Gasteiger partial charge < -0.3 is 14.7 Å². The number of nitrogens with zero attached hydrogens (tertiary/aromatic N) is 4. The summed E-state index contributed by atoms with van der Waals surface area (Å²) in [4.78, 5) is 21.2. The molecule has 1 N–H and O–H groups in total. The van der Waals surface area contributed by atoms with E-state index in [1.165, 1.54) is 18.4 Å². The summed E-state index contributed by atoms with van der Waals surface area (Å²) >= 11 is 0. The maximum atomic E-state index is 12.3. The Kier molecular flexibility index (Phi) is 9.09. The second-order valence-corrected chi connectivity index (χ2v) is 7.99. The van der Waals surface area contributed by atoms with Gasteiger partial charge in [-0.15, -0.1) is 24.8 Å². The summed E-state index contributed by atoms with van der Waals surface area (Å²) in [6.07, 6.45) is 2.61. The van der Waals surface area contributed by atoms with Gasteiger partial charge in [0.15, 0.2) is 0 Å². The molecule has 0 spiro atoms. The number of hydrogen-bond donors (Lipinski definition) is 1. The Morgan fingerprint density at radius 2 is 1.83 bits per heavy atom. The Labute approximate surface area is 190 Å². The highest BCUT2D eigenvalue weighted by Crippen LogP contribution is 2.27. The SMILES string of the molecule is Cc1ccc(-c2noc(C(C)N3CCN(C(=O)CNCC4CC4)CC3)n2)cc1.Cl.Cl. The quantitative estimate of drug-likeness (QED) is 0.691. The molecule has 9 heteroatoms. The number of aromatic nitrogens is 2. The average Bonchev–Trinajstić information content (AvgIpc) is 3.41. The summed E-state index contributed by atoms with van der Waals surface area (Å²) < 4.78 is 5.53. The molecule has 1 aromatic carbocycles. The predicted molar refractivity (Wildman–Crippen MR) is 121 cm³/mol. The van der Waals surface area contributed by atoms with Crippen LogP contribution in [0.2, 0.25) is 0 Å². The predicted octanol–water partition coefficient (Wildman–Crippen LogP) is 3.09. The van der Waals surface area contributed by atoms with Crippen LogP contribution in [-0.2, 0) is 4.79 Å². The highest BCUT2D eigenvalue weighted by Gasteiger charge is 2.28. The van der Waals surface area contributed by atoms with Crippen LogP contribution < -0.4 is 5.32 Å². The third-order valence-electron chi connectivity index (χ3n) is 5.73. The Bertz CT molecular complexity index is 802. The van der Waals surface area contributed by atoms with Gasteiger partial charge in [0.2, 0.25) is 17.6 Å². The topological polar surface area (TPSA) is 74.5 Å². The standard InChI is InChI=1S/C21H29N5O2.2ClH/c1-15-3-7-18(8-4-15)20-23-21(28-24-20)16(2)25-9-11-26(12-10-25)19(27)14-22-13-17-5-6-17;;/h3-4,7-8,16-17,22H,5-6,9-14H2,1-2H3;2*1H. The first kappa shape index (κ1) is 24.6. The minimum Gasteiger partial charge on any atom is -0.339 e. The van der Waals surface area contributed by atoms with Crippen LogP contribution in [0.1, 0.15) is 37.3 Å². The number of piperazine rings is 1. The number of nitrogens with one attached hydrogen (secondary N) is 1. The van der Waals surface area contributed by atoms with Gasteiger partial charge in [0.1, 0.15) is 0 Å². The van der Waals surface area contributed by atoms with Crippen LogP contribution in [0.15, 0.2) is 28.8 Å².